The lowest BCUT2D eigenvalue weighted by molar-refractivity contribution is 0.0468. The zero-order chi connectivity index (χ0) is 13.0. The van der Waals surface area contributed by atoms with E-state index in [0.29, 0.717) is 11.3 Å². The van der Waals surface area contributed by atoms with E-state index >= 15 is 0 Å². The first-order valence-corrected chi connectivity index (χ1v) is 5.44. The highest BCUT2D eigenvalue weighted by Gasteiger charge is 2.09. The fraction of sp³-hybridized carbons (Fsp3) is 0.154. The third kappa shape index (κ3) is 2.82. The zero-order valence-electron chi connectivity index (χ0n) is 9.84. The minimum absolute atomic E-state index is 0.0635. The number of aromatic amines is 1. The van der Waals surface area contributed by atoms with Gasteiger partial charge in [-0.25, -0.2) is 9.78 Å². The maximum Gasteiger partial charge on any atom is 0.338 e. The summed E-state index contributed by atoms with van der Waals surface area (Å²) in [7, 11) is 0. The van der Waals surface area contributed by atoms with Crippen molar-refractivity contribution in [1.29, 1.82) is 0 Å². The second-order valence-corrected chi connectivity index (χ2v) is 3.76. The van der Waals surface area contributed by atoms with Gasteiger partial charge in [0.15, 0.2) is 11.6 Å². The van der Waals surface area contributed by atoms with Crippen LogP contribution in [0.25, 0.3) is 0 Å². The number of esters is 1. The molecule has 0 fully saturated rings. The molecule has 1 aromatic heterocycles. The average Bonchev–Trinajstić information content (AvgIpc) is 2.86. The molecule has 0 amide bonds. The van der Waals surface area contributed by atoms with E-state index in [0.717, 1.165) is 0 Å². The van der Waals surface area contributed by atoms with Crippen LogP contribution in [-0.2, 0) is 11.3 Å². The van der Waals surface area contributed by atoms with Gasteiger partial charge in [-0.3, -0.25) is 4.79 Å². The highest BCUT2D eigenvalue weighted by molar-refractivity contribution is 5.90. The number of hydrogen-bond donors (Lipinski definition) is 1. The smallest absolute Gasteiger partial charge is 0.338 e. The third-order valence-corrected chi connectivity index (χ3v) is 2.33. The van der Waals surface area contributed by atoms with E-state index in [9.17, 15) is 9.59 Å². The number of hydrogen-bond acceptors (Lipinski definition) is 4. The van der Waals surface area contributed by atoms with Gasteiger partial charge in [0, 0.05) is 6.92 Å². The van der Waals surface area contributed by atoms with Crippen molar-refractivity contribution >= 4 is 11.8 Å². The number of rotatable bonds is 4. The van der Waals surface area contributed by atoms with Crippen molar-refractivity contribution in [1.82, 2.24) is 9.97 Å². The summed E-state index contributed by atoms with van der Waals surface area (Å²) in [6.07, 6.45) is 1.48. The van der Waals surface area contributed by atoms with Crippen LogP contribution in [0.2, 0.25) is 0 Å². The number of benzene rings is 1. The molecule has 5 nitrogen and oxygen atoms in total. The molecule has 0 saturated carbocycles. The fourth-order valence-corrected chi connectivity index (χ4v) is 1.41. The molecule has 1 N–H and O–H groups in total. The number of nitrogens with zero attached hydrogens (tertiary/aromatic N) is 1. The highest BCUT2D eigenvalue weighted by Crippen LogP contribution is 2.05. The molecule has 92 valence electrons. The van der Waals surface area contributed by atoms with E-state index < -0.39 is 5.97 Å². The van der Waals surface area contributed by atoms with E-state index in [4.69, 9.17) is 4.74 Å². The van der Waals surface area contributed by atoms with Crippen molar-refractivity contribution in [3.05, 3.63) is 53.6 Å². The molecule has 0 atom stereocenters. The molecule has 1 heterocycles. The van der Waals surface area contributed by atoms with Gasteiger partial charge in [-0.1, -0.05) is 18.2 Å². The van der Waals surface area contributed by atoms with Gasteiger partial charge in [0.05, 0.1) is 17.5 Å². The number of imidazole rings is 1. The molecular formula is C13H12N2O3. The molecule has 0 aliphatic heterocycles. The Morgan fingerprint density at radius 1 is 1.28 bits per heavy atom. The number of ketones is 1. The Balaban J connectivity index is 1.95. The molecule has 0 bridgehead atoms. The van der Waals surface area contributed by atoms with Crippen molar-refractivity contribution in [2.45, 2.75) is 13.5 Å². The van der Waals surface area contributed by atoms with E-state index in [2.05, 4.69) is 9.97 Å². The topological polar surface area (TPSA) is 72.0 Å². The second-order valence-electron chi connectivity index (χ2n) is 3.76. The number of carbonyl (C=O) groups excluding carboxylic acids is 2. The lowest BCUT2D eigenvalue weighted by Gasteiger charge is -2.02. The number of nitrogens with one attached hydrogen (secondary N) is 1. The summed E-state index contributed by atoms with van der Waals surface area (Å²) >= 11 is 0. The normalized spacial score (nSPS) is 10.1. The fourth-order valence-electron chi connectivity index (χ4n) is 1.41. The van der Waals surface area contributed by atoms with E-state index in [1.54, 1.807) is 24.3 Å². The first-order chi connectivity index (χ1) is 8.66. The molecular weight excluding hydrogens is 232 g/mol. The molecule has 0 unspecified atom stereocenters. The van der Waals surface area contributed by atoms with Gasteiger partial charge in [-0.2, -0.15) is 0 Å². The predicted molar refractivity (Wildman–Crippen MR) is 64.2 cm³/mol. The summed E-state index contributed by atoms with van der Waals surface area (Å²) in [6, 6.07) is 8.71. The Morgan fingerprint density at radius 3 is 2.61 bits per heavy atom. The monoisotopic (exact) mass is 244 g/mol. The Kier molecular flexibility index (Phi) is 3.52. The summed E-state index contributed by atoms with van der Waals surface area (Å²) in [5, 5.41) is 0. The maximum atomic E-state index is 11.6. The Morgan fingerprint density at radius 2 is 2.00 bits per heavy atom. The van der Waals surface area contributed by atoms with Crippen molar-refractivity contribution in [3.8, 4) is 0 Å². The highest BCUT2D eigenvalue weighted by atomic mass is 16.5. The summed E-state index contributed by atoms with van der Waals surface area (Å²) in [4.78, 5) is 29.3. The van der Waals surface area contributed by atoms with Gasteiger partial charge >= 0.3 is 5.97 Å². The van der Waals surface area contributed by atoms with Crippen LogP contribution in [-0.4, -0.2) is 21.7 Å². The van der Waals surface area contributed by atoms with Crippen LogP contribution in [0.15, 0.2) is 36.5 Å². The van der Waals surface area contributed by atoms with Crippen molar-refractivity contribution in [2.24, 2.45) is 0 Å². The van der Waals surface area contributed by atoms with Crippen LogP contribution < -0.4 is 0 Å². The molecule has 0 spiro atoms. The van der Waals surface area contributed by atoms with Gasteiger partial charge in [-0.05, 0) is 12.1 Å². The lowest BCUT2D eigenvalue weighted by atomic mass is 10.2. The van der Waals surface area contributed by atoms with E-state index in [-0.39, 0.29) is 18.2 Å². The molecule has 5 heteroatoms. The maximum absolute atomic E-state index is 11.6. The summed E-state index contributed by atoms with van der Waals surface area (Å²) < 4.78 is 5.09. The van der Waals surface area contributed by atoms with E-state index in [1.165, 1.54) is 13.1 Å². The van der Waals surface area contributed by atoms with Crippen molar-refractivity contribution in [3.63, 3.8) is 0 Å². The molecule has 0 aliphatic rings. The Labute approximate surface area is 104 Å². The second kappa shape index (κ2) is 5.27. The van der Waals surface area contributed by atoms with Gasteiger partial charge in [-0.15, -0.1) is 0 Å². The van der Waals surface area contributed by atoms with Gasteiger partial charge in [0.2, 0.25) is 0 Å². The largest absolute Gasteiger partial charge is 0.456 e. The number of carbonyl (C=O) groups is 2. The summed E-state index contributed by atoms with van der Waals surface area (Å²) in [5.41, 5.74) is 1.08. The molecule has 2 aromatic rings. The first kappa shape index (κ1) is 12.0. The first-order valence-electron chi connectivity index (χ1n) is 5.44. The minimum atomic E-state index is -0.408. The molecule has 0 saturated heterocycles. The van der Waals surface area contributed by atoms with Crippen LogP contribution in [0.4, 0.5) is 0 Å². The predicted octanol–water partition coefficient (Wildman–Crippen LogP) is 1.97. The number of Topliss-reactive ketones (excluding diaryl/α,β-unsaturated/α-hetero) is 1. The van der Waals surface area contributed by atoms with Crippen LogP contribution in [0.5, 0.6) is 0 Å². The van der Waals surface area contributed by atoms with Gasteiger partial charge in [0.25, 0.3) is 0 Å². The Bertz CT molecular complexity index is 561. The van der Waals surface area contributed by atoms with Crippen LogP contribution in [0.3, 0.4) is 0 Å². The SMILES string of the molecule is CC(=O)c1ncc(COC(=O)c2ccccc2)[nH]1. The quantitative estimate of drug-likeness (QED) is 0.659. The van der Waals surface area contributed by atoms with Crippen LogP contribution in [0.1, 0.15) is 33.6 Å². The number of H-pyrrole nitrogens is 1. The molecule has 0 aliphatic carbocycles. The van der Waals surface area contributed by atoms with Crippen molar-refractivity contribution in [2.75, 3.05) is 0 Å². The zero-order valence-corrected chi connectivity index (χ0v) is 9.84. The number of aromatic nitrogens is 2. The third-order valence-electron chi connectivity index (χ3n) is 2.33. The molecule has 18 heavy (non-hydrogen) atoms. The minimum Gasteiger partial charge on any atom is -0.456 e. The summed E-state index contributed by atoms with van der Waals surface area (Å²) in [5.74, 6) is -0.300. The van der Waals surface area contributed by atoms with Gasteiger partial charge in [0.1, 0.15) is 6.61 Å². The lowest BCUT2D eigenvalue weighted by Crippen LogP contribution is -2.05. The average molecular weight is 244 g/mol. The van der Waals surface area contributed by atoms with Gasteiger partial charge < -0.3 is 9.72 Å². The van der Waals surface area contributed by atoms with E-state index in [1.807, 2.05) is 6.07 Å². The van der Waals surface area contributed by atoms with Crippen LogP contribution in [0, 0.1) is 0 Å². The van der Waals surface area contributed by atoms with Crippen LogP contribution >= 0.6 is 0 Å². The Hall–Kier alpha value is -2.43. The summed E-state index contributed by atoms with van der Waals surface area (Å²) in [6.45, 7) is 1.48. The molecule has 2 rings (SSSR count). The standard InChI is InChI=1S/C13H12N2O3/c1-9(16)12-14-7-11(15-12)8-18-13(17)10-5-3-2-4-6-10/h2-7H,8H2,1H3,(H,14,15). The number of ether oxygens (including phenoxy) is 1. The molecule has 0 radical (unpaired) electrons. The molecule has 1 aromatic carbocycles. The van der Waals surface area contributed by atoms with Crippen molar-refractivity contribution < 1.29 is 14.3 Å².